The zero-order chi connectivity index (χ0) is 15.2. The van der Waals surface area contributed by atoms with Crippen LogP contribution in [0.1, 0.15) is 53.4 Å². The van der Waals surface area contributed by atoms with E-state index >= 15 is 0 Å². The van der Waals surface area contributed by atoms with Gasteiger partial charge >= 0.3 is 0 Å². The zero-order valence-corrected chi connectivity index (χ0v) is 13.8. The number of thiocarbonyl (C=S) groups is 1. The number of hydrogen-bond donors (Lipinski definition) is 1. The molecule has 114 valence electrons. The van der Waals surface area contributed by atoms with E-state index in [1.54, 1.807) is 0 Å². The minimum atomic E-state index is -0.612. The Bertz CT molecular complexity index is 410. The molecule has 1 amide bonds. The highest BCUT2D eigenvalue weighted by Crippen LogP contribution is 2.41. The van der Waals surface area contributed by atoms with E-state index in [0.29, 0.717) is 18.1 Å². The van der Waals surface area contributed by atoms with Crippen molar-refractivity contribution >= 4 is 23.1 Å². The van der Waals surface area contributed by atoms with Gasteiger partial charge in [-0.3, -0.25) is 4.79 Å². The standard InChI is InChI=1S/C15H26N2O2S/c1-13(2)9-17(10-14(3,4)19-13)12(18)15(11(16)20)7-5-6-8-15/h5-10H2,1-4H3,(H2,16,20). The number of hydrogen-bond acceptors (Lipinski definition) is 3. The molecule has 0 aromatic heterocycles. The highest BCUT2D eigenvalue weighted by atomic mass is 32.1. The van der Waals surface area contributed by atoms with Crippen molar-refractivity contribution in [3.05, 3.63) is 0 Å². The molecule has 4 nitrogen and oxygen atoms in total. The van der Waals surface area contributed by atoms with E-state index in [4.69, 9.17) is 22.7 Å². The van der Waals surface area contributed by atoms with Gasteiger partial charge in [0.1, 0.15) is 0 Å². The summed E-state index contributed by atoms with van der Waals surface area (Å²) in [5.74, 6) is 0.104. The summed E-state index contributed by atoms with van der Waals surface area (Å²) in [5.41, 5.74) is 4.64. The first-order chi connectivity index (χ1) is 9.08. The molecule has 0 atom stereocenters. The Hall–Kier alpha value is -0.680. The van der Waals surface area contributed by atoms with E-state index < -0.39 is 5.41 Å². The van der Waals surface area contributed by atoms with Crippen LogP contribution in [0.25, 0.3) is 0 Å². The fourth-order valence-electron chi connectivity index (χ4n) is 3.78. The van der Waals surface area contributed by atoms with Crippen molar-refractivity contribution in [2.45, 2.75) is 64.6 Å². The van der Waals surface area contributed by atoms with Crippen LogP contribution in [-0.2, 0) is 9.53 Å². The largest absolute Gasteiger partial charge is 0.392 e. The summed E-state index contributed by atoms with van der Waals surface area (Å²) in [5, 5.41) is 0. The van der Waals surface area contributed by atoms with Crippen LogP contribution in [0.3, 0.4) is 0 Å². The first-order valence-corrected chi connectivity index (χ1v) is 7.78. The first-order valence-electron chi connectivity index (χ1n) is 7.38. The van der Waals surface area contributed by atoms with Crippen LogP contribution in [0.5, 0.6) is 0 Å². The molecule has 5 heteroatoms. The van der Waals surface area contributed by atoms with Crippen LogP contribution < -0.4 is 5.73 Å². The van der Waals surface area contributed by atoms with Crippen molar-refractivity contribution in [1.29, 1.82) is 0 Å². The molecular formula is C15H26N2O2S. The second kappa shape index (κ2) is 4.95. The Kier molecular flexibility index (Phi) is 3.89. The lowest BCUT2D eigenvalue weighted by Crippen LogP contribution is -2.62. The fraction of sp³-hybridized carbons (Fsp3) is 0.867. The van der Waals surface area contributed by atoms with Crippen LogP contribution in [-0.4, -0.2) is 40.1 Å². The number of carbonyl (C=O) groups excluding carboxylic acids is 1. The molecule has 0 aromatic rings. The summed E-state index contributed by atoms with van der Waals surface area (Å²) in [6.45, 7) is 9.29. The van der Waals surface area contributed by atoms with Crippen LogP contribution in [0.15, 0.2) is 0 Å². The molecule has 1 aliphatic heterocycles. The van der Waals surface area contributed by atoms with Crippen LogP contribution in [0.2, 0.25) is 0 Å². The number of nitrogens with zero attached hydrogens (tertiary/aromatic N) is 1. The first kappa shape index (κ1) is 15.7. The Balaban J connectivity index is 2.26. The topological polar surface area (TPSA) is 55.6 Å². The average Bonchev–Trinajstić information content (AvgIpc) is 2.73. The maximum atomic E-state index is 13.0. The summed E-state index contributed by atoms with van der Waals surface area (Å²) >= 11 is 5.23. The lowest BCUT2D eigenvalue weighted by molar-refractivity contribution is -0.191. The zero-order valence-electron chi connectivity index (χ0n) is 13.0. The maximum Gasteiger partial charge on any atom is 0.235 e. The third kappa shape index (κ3) is 2.84. The lowest BCUT2D eigenvalue weighted by Gasteiger charge is -2.49. The molecule has 1 saturated heterocycles. The van der Waals surface area contributed by atoms with Gasteiger partial charge in [0.2, 0.25) is 5.91 Å². The minimum Gasteiger partial charge on any atom is -0.392 e. The third-order valence-electron chi connectivity index (χ3n) is 4.32. The van der Waals surface area contributed by atoms with Gasteiger partial charge in [0.05, 0.1) is 21.6 Å². The summed E-state index contributed by atoms with van der Waals surface area (Å²) in [6, 6.07) is 0. The lowest BCUT2D eigenvalue weighted by atomic mass is 9.83. The van der Waals surface area contributed by atoms with Crippen molar-refractivity contribution in [3.63, 3.8) is 0 Å². The van der Waals surface area contributed by atoms with Crippen molar-refractivity contribution in [3.8, 4) is 0 Å². The van der Waals surface area contributed by atoms with Crippen molar-refractivity contribution in [2.75, 3.05) is 13.1 Å². The smallest absolute Gasteiger partial charge is 0.235 e. The summed E-state index contributed by atoms with van der Waals surface area (Å²) in [4.78, 5) is 15.3. The molecule has 0 aromatic carbocycles. The molecule has 0 unspecified atom stereocenters. The number of ether oxygens (including phenoxy) is 1. The van der Waals surface area contributed by atoms with Crippen LogP contribution >= 0.6 is 12.2 Å². The summed E-state index contributed by atoms with van der Waals surface area (Å²) < 4.78 is 6.04. The fourth-order valence-corrected chi connectivity index (χ4v) is 4.07. The summed E-state index contributed by atoms with van der Waals surface area (Å²) in [6.07, 6.45) is 3.64. The molecule has 1 aliphatic carbocycles. The molecule has 2 aliphatic rings. The second-order valence-corrected chi connectivity index (χ2v) is 7.88. The molecule has 0 bridgehead atoms. The Labute approximate surface area is 127 Å². The molecule has 2 rings (SSSR count). The molecule has 2 N–H and O–H groups in total. The predicted octanol–water partition coefficient (Wildman–Crippen LogP) is 2.25. The monoisotopic (exact) mass is 298 g/mol. The van der Waals surface area contributed by atoms with Crippen LogP contribution in [0, 0.1) is 5.41 Å². The number of amides is 1. The molecule has 20 heavy (non-hydrogen) atoms. The van der Waals surface area contributed by atoms with E-state index in [0.717, 1.165) is 25.7 Å². The number of carbonyl (C=O) groups is 1. The molecule has 0 radical (unpaired) electrons. The SMILES string of the molecule is CC1(C)CN(C(=O)C2(C(N)=S)CCCC2)CC(C)(C)O1. The minimum absolute atomic E-state index is 0.104. The normalized spacial score (nSPS) is 27.3. The van der Waals surface area contributed by atoms with Crippen molar-refractivity contribution in [1.82, 2.24) is 4.90 Å². The third-order valence-corrected chi connectivity index (χ3v) is 4.71. The predicted molar refractivity (Wildman–Crippen MR) is 83.5 cm³/mol. The summed E-state index contributed by atoms with van der Waals surface area (Å²) in [7, 11) is 0. The van der Waals surface area contributed by atoms with E-state index in [1.807, 2.05) is 32.6 Å². The van der Waals surface area contributed by atoms with Gasteiger partial charge in [-0.1, -0.05) is 25.1 Å². The van der Waals surface area contributed by atoms with E-state index in [1.165, 1.54) is 0 Å². The van der Waals surface area contributed by atoms with Gasteiger partial charge in [-0.05, 0) is 40.5 Å². The Morgan fingerprint density at radius 2 is 1.55 bits per heavy atom. The highest BCUT2D eigenvalue weighted by molar-refractivity contribution is 7.80. The van der Waals surface area contributed by atoms with Crippen molar-refractivity contribution in [2.24, 2.45) is 11.1 Å². The van der Waals surface area contributed by atoms with Crippen molar-refractivity contribution < 1.29 is 9.53 Å². The van der Waals surface area contributed by atoms with Crippen LogP contribution in [0.4, 0.5) is 0 Å². The highest BCUT2D eigenvalue weighted by Gasteiger charge is 2.49. The van der Waals surface area contributed by atoms with Gasteiger partial charge < -0.3 is 15.4 Å². The Morgan fingerprint density at radius 3 is 1.95 bits per heavy atom. The van der Waals surface area contributed by atoms with E-state index in [9.17, 15) is 4.79 Å². The van der Waals surface area contributed by atoms with Gasteiger partial charge in [0.25, 0.3) is 0 Å². The van der Waals surface area contributed by atoms with E-state index in [2.05, 4.69) is 0 Å². The number of morpholine rings is 1. The molecule has 2 fully saturated rings. The molecular weight excluding hydrogens is 272 g/mol. The van der Waals surface area contributed by atoms with E-state index in [-0.39, 0.29) is 17.1 Å². The molecule has 1 saturated carbocycles. The quantitative estimate of drug-likeness (QED) is 0.795. The average molecular weight is 298 g/mol. The maximum absolute atomic E-state index is 13.0. The van der Waals surface area contributed by atoms with Gasteiger partial charge in [0.15, 0.2) is 0 Å². The number of nitrogens with two attached hydrogens (primary N) is 1. The molecule has 1 heterocycles. The Morgan fingerprint density at radius 1 is 1.10 bits per heavy atom. The molecule has 0 spiro atoms. The van der Waals surface area contributed by atoms with Gasteiger partial charge in [-0.2, -0.15) is 0 Å². The van der Waals surface area contributed by atoms with Gasteiger partial charge in [-0.15, -0.1) is 0 Å². The number of rotatable bonds is 2. The van der Waals surface area contributed by atoms with Gasteiger partial charge in [-0.25, -0.2) is 0 Å². The second-order valence-electron chi connectivity index (χ2n) is 7.44. The van der Waals surface area contributed by atoms with Gasteiger partial charge in [0, 0.05) is 13.1 Å².